The van der Waals surface area contributed by atoms with Gasteiger partial charge in [0.05, 0.1) is 5.69 Å². The van der Waals surface area contributed by atoms with Crippen molar-refractivity contribution >= 4 is 22.0 Å². The van der Waals surface area contributed by atoms with Gasteiger partial charge in [0.1, 0.15) is 16.9 Å². The van der Waals surface area contributed by atoms with Crippen molar-refractivity contribution in [3.8, 4) is 11.5 Å². The van der Waals surface area contributed by atoms with Crippen LogP contribution in [0.4, 0.5) is 5.69 Å². The molecule has 6 nitrogen and oxygen atoms in total. The van der Waals surface area contributed by atoms with Gasteiger partial charge in [-0.3, -0.25) is 4.79 Å². The fourth-order valence-electron chi connectivity index (χ4n) is 1.94. The summed E-state index contributed by atoms with van der Waals surface area (Å²) < 4.78 is 29.3. The summed E-state index contributed by atoms with van der Waals surface area (Å²) in [5.74, 6) is 0.534. The Hall–Kier alpha value is -2.38. The smallest absolute Gasteiger partial charge is 0.241 e. The Kier molecular flexibility index (Phi) is 4.79. The van der Waals surface area contributed by atoms with E-state index in [0.717, 1.165) is 0 Å². The quantitative estimate of drug-likeness (QED) is 0.796. The summed E-state index contributed by atoms with van der Waals surface area (Å²) >= 11 is 0. The molecule has 0 aromatic heterocycles. The third kappa shape index (κ3) is 3.63. The molecular formula is C15H16N2O4S. The fraction of sp³-hybridized carbons (Fsp3) is 0.133. The lowest BCUT2D eigenvalue weighted by Gasteiger charge is -2.16. The number of anilines is 1. The number of nitrogens with one attached hydrogen (secondary N) is 1. The van der Waals surface area contributed by atoms with E-state index in [4.69, 9.17) is 9.88 Å². The predicted molar refractivity (Wildman–Crippen MR) is 83.9 cm³/mol. The van der Waals surface area contributed by atoms with Crippen molar-refractivity contribution in [3.05, 3.63) is 48.0 Å². The van der Waals surface area contributed by atoms with Crippen LogP contribution in [-0.4, -0.2) is 21.2 Å². The molecule has 0 aliphatic heterocycles. The van der Waals surface area contributed by atoms with E-state index in [2.05, 4.69) is 5.32 Å². The number of carbonyl (C=O) groups excluding carboxylic acids is 1. The molecule has 2 aromatic rings. The number of carbonyl (C=O) groups is 1. The number of sulfonamides is 1. The summed E-state index contributed by atoms with van der Waals surface area (Å²) in [7, 11) is -4.05. The largest absolute Gasteiger partial charge is 0.454 e. The second-order valence-electron chi connectivity index (χ2n) is 4.50. The third-order valence-electron chi connectivity index (χ3n) is 2.85. The lowest BCUT2D eigenvalue weighted by atomic mass is 10.2. The molecule has 0 saturated heterocycles. The van der Waals surface area contributed by atoms with Crippen molar-refractivity contribution in [2.75, 3.05) is 11.9 Å². The summed E-state index contributed by atoms with van der Waals surface area (Å²) in [6.45, 7) is 2.37. The molecule has 0 heterocycles. The lowest BCUT2D eigenvalue weighted by molar-refractivity contribution is 0.112. The van der Waals surface area contributed by atoms with E-state index < -0.39 is 10.0 Å². The summed E-state index contributed by atoms with van der Waals surface area (Å²) in [5.41, 5.74) is 0.584. The average molecular weight is 320 g/mol. The zero-order valence-corrected chi connectivity index (χ0v) is 12.8. The Balaban J connectivity index is 2.64. The maximum Gasteiger partial charge on any atom is 0.241 e. The molecule has 2 rings (SSSR count). The Bertz CT molecular complexity index is 774. The van der Waals surface area contributed by atoms with Gasteiger partial charge in [-0.25, -0.2) is 13.6 Å². The number of hydrogen-bond donors (Lipinski definition) is 2. The first-order valence-electron chi connectivity index (χ1n) is 6.58. The minimum absolute atomic E-state index is 0.0705. The van der Waals surface area contributed by atoms with Gasteiger partial charge in [0, 0.05) is 12.1 Å². The minimum Gasteiger partial charge on any atom is -0.454 e. The van der Waals surface area contributed by atoms with Crippen LogP contribution >= 0.6 is 0 Å². The number of rotatable bonds is 6. The standard InChI is InChI=1S/C15H16N2O4S/c1-2-17-13-8-11(10-18)9-14(22(16,19)20)15(13)21-12-6-4-3-5-7-12/h3-10,17H,2H2,1H3,(H2,16,19,20). The van der Waals surface area contributed by atoms with E-state index in [0.29, 0.717) is 24.3 Å². The van der Waals surface area contributed by atoms with Gasteiger partial charge >= 0.3 is 0 Å². The van der Waals surface area contributed by atoms with Crippen molar-refractivity contribution in [1.82, 2.24) is 0 Å². The summed E-state index contributed by atoms with van der Waals surface area (Å²) in [6, 6.07) is 11.4. The van der Waals surface area contributed by atoms with Gasteiger partial charge in [-0.1, -0.05) is 18.2 Å². The topological polar surface area (TPSA) is 98.5 Å². The predicted octanol–water partition coefficient (Wildman–Crippen LogP) is 2.37. The van der Waals surface area contributed by atoms with Crippen LogP contribution in [0, 0.1) is 0 Å². The average Bonchev–Trinajstić information content (AvgIpc) is 2.49. The summed E-state index contributed by atoms with van der Waals surface area (Å²) in [5, 5.41) is 8.23. The van der Waals surface area contributed by atoms with E-state index in [1.165, 1.54) is 12.1 Å². The molecule has 0 bridgehead atoms. The fourth-order valence-corrected chi connectivity index (χ4v) is 2.65. The molecule has 0 spiro atoms. The van der Waals surface area contributed by atoms with Crippen molar-refractivity contribution in [1.29, 1.82) is 0 Å². The molecule has 3 N–H and O–H groups in total. The monoisotopic (exact) mass is 320 g/mol. The number of nitrogens with two attached hydrogens (primary N) is 1. The molecule has 0 atom stereocenters. The molecular weight excluding hydrogens is 304 g/mol. The van der Waals surface area contributed by atoms with Crippen LogP contribution in [-0.2, 0) is 10.0 Å². The molecule has 7 heteroatoms. The van der Waals surface area contributed by atoms with Gasteiger partial charge in [0.2, 0.25) is 10.0 Å². The zero-order chi connectivity index (χ0) is 16.2. The number of benzene rings is 2. The maximum absolute atomic E-state index is 11.8. The number of aldehydes is 1. The summed E-state index contributed by atoms with van der Waals surface area (Å²) in [4.78, 5) is 10.8. The normalized spacial score (nSPS) is 11.0. The Morgan fingerprint density at radius 3 is 2.45 bits per heavy atom. The molecule has 0 saturated carbocycles. The number of ether oxygens (including phenoxy) is 1. The number of hydrogen-bond acceptors (Lipinski definition) is 5. The Labute approximate surface area is 129 Å². The molecule has 2 aromatic carbocycles. The van der Waals surface area contributed by atoms with Crippen LogP contribution in [0.15, 0.2) is 47.4 Å². The van der Waals surface area contributed by atoms with E-state index in [1.54, 1.807) is 24.3 Å². The summed E-state index contributed by atoms with van der Waals surface area (Å²) in [6.07, 6.45) is 0.557. The zero-order valence-electron chi connectivity index (χ0n) is 11.9. The van der Waals surface area contributed by atoms with E-state index >= 15 is 0 Å². The highest BCUT2D eigenvalue weighted by Gasteiger charge is 2.21. The SMILES string of the molecule is CCNc1cc(C=O)cc(S(N)(=O)=O)c1Oc1ccccc1. The Morgan fingerprint density at radius 2 is 1.91 bits per heavy atom. The number of primary sulfonamides is 1. The van der Waals surface area contributed by atoms with Gasteiger partial charge in [-0.15, -0.1) is 0 Å². The van der Waals surface area contributed by atoms with Crippen LogP contribution < -0.4 is 15.2 Å². The lowest BCUT2D eigenvalue weighted by Crippen LogP contribution is -2.15. The molecule has 0 fully saturated rings. The highest BCUT2D eigenvalue weighted by molar-refractivity contribution is 7.89. The van der Waals surface area contributed by atoms with Gasteiger partial charge in [-0.2, -0.15) is 0 Å². The van der Waals surface area contributed by atoms with Gasteiger partial charge in [0.15, 0.2) is 5.75 Å². The first kappa shape index (κ1) is 16.0. The van der Waals surface area contributed by atoms with Crippen molar-refractivity contribution < 1.29 is 17.9 Å². The molecule has 0 aliphatic rings. The van der Waals surface area contributed by atoms with E-state index in [1.807, 2.05) is 13.0 Å². The van der Waals surface area contributed by atoms with Gasteiger partial charge in [-0.05, 0) is 31.2 Å². The molecule has 22 heavy (non-hydrogen) atoms. The highest BCUT2D eigenvalue weighted by atomic mass is 32.2. The van der Waals surface area contributed by atoms with Crippen LogP contribution in [0.5, 0.6) is 11.5 Å². The third-order valence-corrected chi connectivity index (χ3v) is 3.77. The minimum atomic E-state index is -4.05. The van der Waals surface area contributed by atoms with Crippen LogP contribution in [0.3, 0.4) is 0 Å². The highest BCUT2D eigenvalue weighted by Crippen LogP contribution is 2.36. The molecule has 0 amide bonds. The van der Waals surface area contributed by atoms with Crippen molar-refractivity contribution in [2.24, 2.45) is 5.14 Å². The first-order valence-corrected chi connectivity index (χ1v) is 8.13. The van der Waals surface area contributed by atoms with Gasteiger partial charge in [0.25, 0.3) is 0 Å². The second-order valence-corrected chi connectivity index (χ2v) is 6.03. The van der Waals surface area contributed by atoms with Crippen LogP contribution in [0.25, 0.3) is 0 Å². The van der Waals surface area contributed by atoms with Gasteiger partial charge < -0.3 is 10.1 Å². The molecule has 0 unspecified atom stereocenters. The van der Waals surface area contributed by atoms with Crippen molar-refractivity contribution in [2.45, 2.75) is 11.8 Å². The second kappa shape index (κ2) is 6.59. The van der Waals surface area contributed by atoms with Crippen LogP contribution in [0.1, 0.15) is 17.3 Å². The molecule has 0 radical (unpaired) electrons. The van der Waals surface area contributed by atoms with E-state index in [9.17, 15) is 13.2 Å². The maximum atomic E-state index is 11.8. The molecule has 0 aliphatic carbocycles. The molecule has 116 valence electrons. The number of para-hydroxylation sites is 1. The Morgan fingerprint density at radius 1 is 1.23 bits per heavy atom. The van der Waals surface area contributed by atoms with Crippen LogP contribution in [0.2, 0.25) is 0 Å². The van der Waals surface area contributed by atoms with E-state index in [-0.39, 0.29) is 16.2 Å². The van der Waals surface area contributed by atoms with Crippen molar-refractivity contribution in [3.63, 3.8) is 0 Å². The first-order chi connectivity index (χ1) is 10.5.